The van der Waals surface area contributed by atoms with Crippen LogP contribution in [0.3, 0.4) is 0 Å². The van der Waals surface area contributed by atoms with Crippen LogP contribution in [0, 0.1) is 5.92 Å². The SMILES string of the molecule is O=S1(=O)CCC(S(=O)(=O)N2CCC(CCl)C2)CC1. The maximum Gasteiger partial charge on any atom is 0.217 e. The van der Waals surface area contributed by atoms with Gasteiger partial charge >= 0.3 is 0 Å². The van der Waals surface area contributed by atoms with Crippen LogP contribution in [0.15, 0.2) is 0 Å². The molecule has 5 nitrogen and oxygen atoms in total. The molecule has 2 saturated heterocycles. The fraction of sp³-hybridized carbons (Fsp3) is 1.00. The standard InChI is InChI=1S/C10H18ClNO4S2/c11-7-9-1-4-12(8-9)18(15,16)10-2-5-17(13,14)6-3-10/h9-10H,1-8H2. The van der Waals surface area contributed by atoms with E-state index in [1.807, 2.05) is 0 Å². The number of hydrogen-bond acceptors (Lipinski definition) is 4. The van der Waals surface area contributed by atoms with Crippen molar-refractivity contribution >= 4 is 31.5 Å². The van der Waals surface area contributed by atoms with Gasteiger partial charge in [0.25, 0.3) is 0 Å². The summed E-state index contributed by atoms with van der Waals surface area (Å²) in [7, 11) is -6.36. The van der Waals surface area contributed by atoms with E-state index in [0.29, 0.717) is 19.0 Å². The fourth-order valence-electron chi connectivity index (χ4n) is 2.53. The molecular formula is C10H18ClNO4S2. The number of sulfonamides is 1. The Balaban J connectivity index is 2.04. The zero-order valence-electron chi connectivity index (χ0n) is 10.1. The number of alkyl halides is 1. The van der Waals surface area contributed by atoms with Crippen molar-refractivity contribution in [2.45, 2.75) is 24.5 Å². The summed E-state index contributed by atoms with van der Waals surface area (Å²) >= 11 is 5.75. The molecule has 106 valence electrons. The first-order valence-corrected chi connectivity index (χ1v) is 9.96. The van der Waals surface area contributed by atoms with Gasteiger partial charge in [0.05, 0.1) is 16.8 Å². The second kappa shape index (κ2) is 5.26. The van der Waals surface area contributed by atoms with Crippen LogP contribution in [0.1, 0.15) is 19.3 Å². The summed E-state index contributed by atoms with van der Waals surface area (Å²) in [5.74, 6) is 0.687. The minimum Gasteiger partial charge on any atom is -0.229 e. The van der Waals surface area contributed by atoms with Crippen molar-refractivity contribution in [3.63, 3.8) is 0 Å². The van der Waals surface area contributed by atoms with Gasteiger partial charge in [-0.2, -0.15) is 0 Å². The van der Waals surface area contributed by atoms with Crippen molar-refractivity contribution in [3.8, 4) is 0 Å². The van der Waals surface area contributed by atoms with Gasteiger partial charge in [0, 0.05) is 19.0 Å². The Morgan fingerprint density at radius 3 is 2.28 bits per heavy atom. The van der Waals surface area contributed by atoms with Gasteiger partial charge in [0.1, 0.15) is 9.84 Å². The lowest BCUT2D eigenvalue weighted by atomic mass is 10.2. The van der Waals surface area contributed by atoms with E-state index in [-0.39, 0.29) is 30.3 Å². The summed E-state index contributed by atoms with van der Waals surface area (Å²) in [6.45, 7) is 0.998. The van der Waals surface area contributed by atoms with Crippen LogP contribution in [-0.4, -0.2) is 56.9 Å². The average molecular weight is 316 g/mol. The number of hydrogen-bond donors (Lipinski definition) is 0. The zero-order valence-corrected chi connectivity index (χ0v) is 12.5. The fourth-order valence-corrected chi connectivity index (χ4v) is 6.60. The smallest absolute Gasteiger partial charge is 0.217 e. The second-order valence-electron chi connectivity index (χ2n) is 5.06. The minimum absolute atomic E-state index is 0.0102. The topological polar surface area (TPSA) is 71.5 Å². The highest BCUT2D eigenvalue weighted by atomic mass is 35.5. The quantitative estimate of drug-likeness (QED) is 0.709. The van der Waals surface area contributed by atoms with Crippen molar-refractivity contribution in [1.82, 2.24) is 4.31 Å². The molecule has 0 N–H and O–H groups in total. The first-order valence-electron chi connectivity index (χ1n) is 6.10. The molecule has 2 heterocycles. The van der Waals surface area contributed by atoms with E-state index in [0.717, 1.165) is 6.42 Å². The highest BCUT2D eigenvalue weighted by Gasteiger charge is 2.39. The second-order valence-corrected chi connectivity index (χ2v) is 9.89. The van der Waals surface area contributed by atoms with Gasteiger partial charge in [-0.05, 0) is 25.2 Å². The number of halogens is 1. The normalized spacial score (nSPS) is 30.6. The first-order chi connectivity index (χ1) is 8.35. The predicted octanol–water partition coefficient (Wildman–Crippen LogP) is 0.454. The Morgan fingerprint density at radius 1 is 1.17 bits per heavy atom. The highest BCUT2D eigenvalue weighted by Crippen LogP contribution is 2.27. The summed E-state index contributed by atoms with van der Waals surface area (Å²) in [4.78, 5) is 0. The van der Waals surface area contributed by atoms with Crippen molar-refractivity contribution < 1.29 is 16.8 Å². The molecule has 8 heteroatoms. The molecule has 0 aromatic heterocycles. The molecule has 1 atom stereocenters. The molecule has 0 radical (unpaired) electrons. The molecule has 0 aliphatic carbocycles. The summed E-state index contributed by atoms with van der Waals surface area (Å²) in [6.07, 6.45) is 1.26. The van der Waals surface area contributed by atoms with E-state index in [1.54, 1.807) is 0 Å². The van der Waals surface area contributed by atoms with E-state index >= 15 is 0 Å². The molecule has 18 heavy (non-hydrogen) atoms. The first kappa shape index (κ1) is 14.6. The molecule has 0 amide bonds. The monoisotopic (exact) mass is 315 g/mol. The third-order valence-electron chi connectivity index (χ3n) is 3.75. The Labute approximate surface area is 113 Å². The lowest BCUT2D eigenvalue weighted by Gasteiger charge is -2.26. The van der Waals surface area contributed by atoms with E-state index in [2.05, 4.69) is 0 Å². The van der Waals surface area contributed by atoms with Crippen molar-refractivity contribution in [3.05, 3.63) is 0 Å². The highest BCUT2D eigenvalue weighted by molar-refractivity contribution is 7.92. The largest absolute Gasteiger partial charge is 0.229 e. The van der Waals surface area contributed by atoms with E-state index in [4.69, 9.17) is 11.6 Å². The van der Waals surface area contributed by atoms with E-state index in [1.165, 1.54) is 4.31 Å². The van der Waals surface area contributed by atoms with Crippen LogP contribution >= 0.6 is 11.6 Å². The molecule has 0 aromatic carbocycles. The summed E-state index contributed by atoms with van der Waals surface area (Å²) in [6, 6.07) is 0. The molecule has 0 bridgehead atoms. The Morgan fingerprint density at radius 2 is 1.78 bits per heavy atom. The number of sulfone groups is 1. The molecule has 2 fully saturated rings. The van der Waals surface area contributed by atoms with Gasteiger partial charge in [-0.15, -0.1) is 11.6 Å². The summed E-state index contributed by atoms with van der Waals surface area (Å²) in [5, 5.41) is -0.532. The van der Waals surface area contributed by atoms with Gasteiger partial charge in [0.15, 0.2) is 0 Å². The van der Waals surface area contributed by atoms with Crippen molar-refractivity contribution in [1.29, 1.82) is 0 Å². The van der Waals surface area contributed by atoms with Crippen LogP contribution < -0.4 is 0 Å². The molecular weight excluding hydrogens is 298 g/mol. The van der Waals surface area contributed by atoms with Crippen molar-refractivity contribution in [2.24, 2.45) is 5.92 Å². The van der Waals surface area contributed by atoms with Gasteiger partial charge in [-0.25, -0.2) is 21.1 Å². The van der Waals surface area contributed by atoms with Crippen LogP contribution in [0.5, 0.6) is 0 Å². The number of rotatable bonds is 3. The van der Waals surface area contributed by atoms with Gasteiger partial charge in [-0.3, -0.25) is 0 Å². The maximum absolute atomic E-state index is 12.3. The predicted molar refractivity (Wildman–Crippen MR) is 71.0 cm³/mol. The maximum atomic E-state index is 12.3. The molecule has 0 spiro atoms. The Bertz CT molecular complexity index is 488. The lowest BCUT2D eigenvalue weighted by molar-refractivity contribution is 0.448. The van der Waals surface area contributed by atoms with Crippen LogP contribution in [-0.2, 0) is 19.9 Å². The lowest BCUT2D eigenvalue weighted by Crippen LogP contribution is -2.41. The number of nitrogens with zero attached hydrogens (tertiary/aromatic N) is 1. The van der Waals surface area contributed by atoms with Gasteiger partial charge in [0.2, 0.25) is 10.0 Å². The molecule has 0 saturated carbocycles. The molecule has 2 rings (SSSR count). The molecule has 0 aromatic rings. The van der Waals surface area contributed by atoms with Gasteiger partial charge < -0.3 is 0 Å². The average Bonchev–Trinajstić information content (AvgIpc) is 2.77. The zero-order chi connectivity index (χ0) is 13.4. The Kier molecular flexibility index (Phi) is 4.26. The third-order valence-corrected chi connectivity index (χ3v) is 8.27. The van der Waals surface area contributed by atoms with E-state index < -0.39 is 25.1 Å². The van der Waals surface area contributed by atoms with Crippen LogP contribution in [0.4, 0.5) is 0 Å². The molecule has 2 aliphatic heterocycles. The minimum atomic E-state index is -3.34. The van der Waals surface area contributed by atoms with E-state index in [9.17, 15) is 16.8 Å². The summed E-state index contributed by atoms with van der Waals surface area (Å²) in [5.41, 5.74) is 0. The van der Waals surface area contributed by atoms with Crippen LogP contribution in [0.25, 0.3) is 0 Å². The molecule has 1 unspecified atom stereocenters. The summed E-state index contributed by atoms with van der Waals surface area (Å²) < 4.78 is 48.8. The Hall–Kier alpha value is 0.150. The third kappa shape index (κ3) is 3.00. The van der Waals surface area contributed by atoms with Crippen LogP contribution in [0.2, 0.25) is 0 Å². The van der Waals surface area contributed by atoms with Crippen molar-refractivity contribution in [2.75, 3.05) is 30.5 Å². The molecule has 2 aliphatic rings. The van der Waals surface area contributed by atoms with Gasteiger partial charge in [-0.1, -0.05) is 0 Å².